The van der Waals surface area contributed by atoms with Crippen molar-refractivity contribution in [2.24, 2.45) is 13.0 Å². The van der Waals surface area contributed by atoms with E-state index in [0.29, 0.717) is 25.0 Å². The highest BCUT2D eigenvalue weighted by Crippen LogP contribution is 2.27. The van der Waals surface area contributed by atoms with Gasteiger partial charge in [0.05, 0.1) is 12.6 Å². The van der Waals surface area contributed by atoms with E-state index >= 15 is 0 Å². The number of nitrogens with one attached hydrogen (secondary N) is 1. The first-order valence-corrected chi connectivity index (χ1v) is 7.71. The van der Waals surface area contributed by atoms with E-state index in [4.69, 9.17) is 9.47 Å². The van der Waals surface area contributed by atoms with Crippen LogP contribution in [0, 0.1) is 5.92 Å². The molecule has 21 heavy (non-hydrogen) atoms. The van der Waals surface area contributed by atoms with E-state index in [1.807, 2.05) is 7.05 Å². The molecule has 2 aliphatic rings. The number of imidazole rings is 1. The van der Waals surface area contributed by atoms with Gasteiger partial charge in [0, 0.05) is 32.7 Å². The van der Waals surface area contributed by atoms with Crippen molar-refractivity contribution in [3.05, 3.63) is 18.2 Å². The molecule has 6 heteroatoms. The molecule has 2 heterocycles. The Morgan fingerprint density at radius 2 is 2.38 bits per heavy atom. The Kier molecular flexibility index (Phi) is 4.55. The van der Waals surface area contributed by atoms with E-state index in [0.717, 1.165) is 13.0 Å². The Bertz CT molecular complexity index is 484. The van der Waals surface area contributed by atoms with E-state index in [2.05, 4.69) is 10.3 Å². The van der Waals surface area contributed by atoms with Gasteiger partial charge in [-0.15, -0.1) is 0 Å². The lowest BCUT2D eigenvalue weighted by molar-refractivity contribution is -0.0819. The molecule has 0 bridgehead atoms. The van der Waals surface area contributed by atoms with Gasteiger partial charge in [-0.25, -0.2) is 4.98 Å². The Morgan fingerprint density at radius 1 is 1.52 bits per heavy atom. The van der Waals surface area contributed by atoms with Crippen LogP contribution in [0.15, 0.2) is 12.4 Å². The third-order valence-electron chi connectivity index (χ3n) is 4.42. The minimum atomic E-state index is -0.147. The molecular weight excluding hydrogens is 270 g/mol. The zero-order valence-corrected chi connectivity index (χ0v) is 12.5. The highest BCUT2D eigenvalue weighted by Gasteiger charge is 2.30. The fourth-order valence-corrected chi connectivity index (χ4v) is 2.78. The lowest BCUT2D eigenvalue weighted by Gasteiger charge is -2.34. The monoisotopic (exact) mass is 293 g/mol. The van der Waals surface area contributed by atoms with E-state index < -0.39 is 0 Å². The number of aromatic nitrogens is 2. The van der Waals surface area contributed by atoms with Crippen molar-refractivity contribution in [1.82, 2.24) is 14.9 Å². The van der Waals surface area contributed by atoms with Crippen LogP contribution in [0.25, 0.3) is 0 Å². The summed E-state index contributed by atoms with van der Waals surface area (Å²) in [4.78, 5) is 16.3. The second kappa shape index (κ2) is 6.58. The molecule has 2 unspecified atom stereocenters. The van der Waals surface area contributed by atoms with Gasteiger partial charge in [-0.2, -0.15) is 0 Å². The molecule has 1 aromatic rings. The molecule has 0 spiro atoms. The second-order valence-corrected chi connectivity index (χ2v) is 5.97. The summed E-state index contributed by atoms with van der Waals surface area (Å²) in [5.41, 5.74) is 0. The van der Waals surface area contributed by atoms with E-state index in [9.17, 15) is 4.79 Å². The van der Waals surface area contributed by atoms with E-state index in [-0.39, 0.29) is 18.1 Å². The number of carbonyl (C=O) groups is 1. The van der Waals surface area contributed by atoms with Gasteiger partial charge < -0.3 is 19.4 Å². The van der Waals surface area contributed by atoms with Crippen molar-refractivity contribution in [2.45, 2.75) is 37.8 Å². The fourth-order valence-electron chi connectivity index (χ4n) is 2.78. The summed E-state index contributed by atoms with van der Waals surface area (Å²) in [5.74, 6) is 0.976. The fraction of sp³-hybridized carbons (Fsp3) is 0.733. The highest BCUT2D eigenvalue weighted by atomic mass is 16.5. The Hall–Kier alpha value is -1.40. The maximum absolute atomic E-state index is 12.3. The molecule has 1 saturated heterocycles. The molecular formula is C15H23N3O3. The molecule has 3 rings (SSSR count). The van der Waals surface area contributed by atoms with Crippen molar-refractivity contribution < 1.29 is 14.3 Å². The SMILES string of the molecule is Cn1ccnc1C(=O)NC1CCOCC1OCC1CCC1. The maximum Gasteiger partial charge on any atom is 0.287 e. The number of aryl methyl sites for hydroxylation is 1. The highest BCUT2D eigenvalue weighted by molar-refractivity contribution is 5.91. The Balaban J connectivity index is 1.55. The summed E-state index contributed by atoms with van der Waals surface area (Å²) in [6.45, 7) is 2.00. The summed E-state index contributed by atoms with van der Waals surface area (Å²) in [5, 5.41) is 3.04. The van der Waals surface area contributed by atoms with Gasteiger partial charge in [0.2, 0.25) is 0 Å². The molecule has 0 aromatic carbocycles. The summed E-state index contributed by atoms with van der Waals surface area (Å²) in [6.07, 6.45) is 7.96. The van der Waals surface area contributed by atoms with Crippen LogP contribution >= 0.6 is 0 Å². The van der Waals surface area contributed by atoms with Crippen LogP contribution in [-0.4, -0.2) is 47.4 Å². The van der Waals surface area contributed by atoms with Crippen LogP contribution in [0.2, 0.25) is 0 Å². The third kappa shape index (κ3) is 3.44. The van der Waals surface area contributed by atoms with Gasteiger partial charge in [-0.05, 0) is 25.2 Å². The number of ether oxygens (including phenoxy) is 2. The third-order valence-corrected chi connectivity index (χ3v) is 4.42. The van der Waals surface area contributed by atoms with Crippen LogP contribution in [-0.2, 0) is 16.5 Å². The zero-order valence-electron chi connectivity index (χ0n) is 12.5. The number of carbonyl (C=O) groups excluding carboxylic acids is 1. The minimum absolute atomic E-state index is 0.00280. The lowest BCUT2D eigenvalue weighted by atomic mass is 9.86. The van der Waals surface area contributed by atoms with Crippen molar-refractivity contribution in [2.75, 3.05) is 19.8 Å². The molecule has 116 valence electrons. The quantitative estimate of drug-likeness (QED) is 0.883. The largest absolute Gasteiger partial charge is 0.379 e. The van der Waals surface area contributed by atoms with E-state index in [1.54, 1.807) is 17.0 Å². The number of nitrogens with zero attached hydrogens (tertiary/aromatic N) is 2. The van der Waals surface area contributed by atoms with Crippen LogP contribution in [0.4, 0.5) is 0 Å². The average Bonchev–Trinajstić information content (AvgIpc) is 2.85. The van der Waals surface area contributed by atoms with Gasteiger partial charge in [0.25, 0.3) is 5.91 Å². The number of rotatable bonds is 5. The van der Waals surface area contributed by atoms with E-state index in [1.165, 1.54) is 19.3 Å². The van der Waals surface area contributed by atoms with Crippen molar-refractivity contribution in [3.8, 4) is 0 Å². The van der Waals surface area contributed by atoms with Gasteiger partial charge in [0.15, 0.2) is 5.82 Å². The van der Waals surface area contributed by atoms with Gasteiger partial charge in [0.1, 0.15) is 6.10 Å². The van der Waals surface area contributed by atoms with Gasteiger partial charge >= 0.3 is 0 Å². The molecule has 2 atom stereocenters. The Morgan fingerprint density at radius 3 is 3.05 bits per heavy atom. The molecule has 1 aromatic heterocycles. The van der Waals surface area contributed by atoms with Crippen LogP contribution in [0.3, 0.4) is 0 Å². The zero-order chi connectivity index (χ0) is 14.7. The van der Waals surface area contributed by atoms with Crippen LogP contribution in [0.5, 0.6) is 0 Å². The average molecular weight is 293 g/mol. The van der Waals surface area contributed by atoms with Gasteiger partial charge in [-0.3, -0.25) is 4.79 Å². The van der Waals surface area contributed by atoms with Crippen molar-refractivity contribution in [1.29, 1.82) is 0 Å². The first kappa shape index (κ1) is 14.5. The van der Waals surface area contributed by atoms with Crippen LogP contribution < -0.4 is 5.32 Å². The van der Waals surface area contributed by atoms with Crippen molar-refractivity contribution >= 4 is 5.91 Å². The van der Waals surface area contributed by atoms with Crippen molar-refractivity contribution in [3.63, 3.8) is 0 Å². The van der Waals surface area contributed by atoms with Gasteiger partial charge in [-0.1, -0.05) is 6.42 Å². The molecule has 2 fully saturated rings. The molecule has 1 amide bonds. The molecule has 6 nitrogen and oxygen atoms in total. The summed E-state index contributed by atoms with van der Waals surface area (Å²) < 4.78 is 13.2. The maximum atomic E-state index is 12.3. The predicted octanol–water partition coefficient (Wildman–Crippen LogP) is 1.12. The number of hydrogen-bond donors (Lipinski definition) is 1. The lowest BCUT2D eigenvalue weighted by Crippen LogP contribution is -2.50. The molecule has 1 N–H and O–H groups in total. The first-order chi connectivity index (χ1) is 10.2. The number of hydrogen-bond acceptors (Lipinski definition) is 4. The summed E-state index contributed by atoms with van der Waals surface area (Å²) in [6, 6.07) is 0.00280. The molecule has 1 aliphatic carbocycles. The standard InChI is InChI=1S/C15H23N3O3/c1-18-7-6-16-14(18)15(19)17-12-5-8-20-10-13(12)21-9-11-3-2-4-11/h6-7,11-13H,2-5,8-10H2,1H3,(H,17,19). The first-order valence-electron chi connectivity index (χ1n) is 7.71. The summed E-state index contributed by atoms with van der Waals surface area (Å²) >= 11 is 0. The summed E-state index contributed by atoms with van der Waals surface area (Å²) in [7, 11) is 1.82. The van der Waals surface area contributed by atoms with Crippen LogP contribution in [0.1, 0.15) is 36.3 Å². The molecule has 1 aliphatic heterocycles. The Labute approximate surface area is 124 Å². The minimum Gasteiger partial charge on any atom is -0.379 e. The number of amides is 1. The normalized spacial score (nSPS) is 26.3. The smallest absolute Gasteiger partial charge is 0.287 e. The second-order valence-electron chi connectivity index (χ2n) is 5.97. The molecule has 1 saturated carbocycles. The topological polar surface area (TPSA) is 65.4 Å². The predicted molar refractivity (Wildman–Crippen MR) is 77.0 cm³/mol. The molecule has 0 radical (unpaired) electrons.